The maximum Gasteiger partial charge on any atom is 0.225 e. The lowest BCUT2D eigenvalue weighted by molar-refractivity contribution is 0.663. The molecule has 0 amide bonds. The SMILES string of the molecule is Clc1nc(N2CCCC2)c2oc3ccccc3c2n1. The van der Waals surface area contributed by atoms with Crippen molar-refractivity contribution in [3.05, 3.63) is 29.5 Å². The quantitative estimate of drug-likeness (QED) is 0.635. The summed E-state index contributed by atoms with van der Waals surface area (Å²) in [6.45, 7) is 2.00. The molecule has 2 aromatic heterocycles. The summed E-state index contributed by atoms with van der Waals surface area (Å²) in [7, 11) is 0. The fourth-order valence-electron chi connectivity index (χ4n) is 2.69. The predicted octanol–water partition coefficient (Wildman–Crippen LogP) is 3.63. The van der Waals surface area contributed by atoms with Gasteiger partial charge in [-0.25, -0.2) is 4.98 Å². The Hall–Kier alpha value is -1.81. The number of hydrogen-bond acceptors (Lipinski definition) is 4. The van der Waals surface area contributed by atoms with Crippen LogP contribution in [0.4, 0.5) is 5.82 Å². The average Bonchev–Trinajstić information content (AvgIpc) is 3.05. The number of para-hydroxylation sites is 1. The molecule has 3 aromatic rings. The number of aromatic nitrogens is 2. The van der Waals surface area contributed by atoms with E-state index in [1.165, 1.54) is 12.8 Å². The van der Waals surface area contributed by atoms with E-state index >= 15 is 0 Å². The molecule has 1 aromatic carbocycles. The second-order valence-corrected chi connectivity index (χ2v) is 5.12. The van der Waals surface area contributed by atoms with Gasteiger partial charge in [-0.1, -0.05) is 12.1 Å². The highest BCUT2D eigenvalue weighted by molar-refractivity contribution is 6.29. The number of hydrogen-bond donors (Lipinski definition) is 0. The Bertz CT molecular complexity index is 762. The monoisotopic (exact) mass is 273 g/mol. The van der Waals surface area contributed by atoms with E-state index in [4.69, 9.17) is 16.0 Å². The van der Waals surface area contributed by atoms with Crippen LogP contribution in [0, 0.1) is 0 Å². The molecule has 0 spiro atoms. The molecular weight excluding hydrogens is 262 g/mol. The summed E-state index contributed by atoms with van der Waals surface area (Å²) in [5, 5.41) is 1.27. The molecule has 0 atom stereocenters. The van der Waals surface area contributed by atoms with Crippen LogP contribution in [0.25, 0.3) is 22.1 Å². The molecule has 1 saturated heterocycles. The minimum Gasteiger partial charge on any atom is -0.450 e. The van der Waals surface area contributed by atoms with Crippen LogP contribution >= 0.6 is 11.6 Å². The van der Waals surface area contributed by atoms with Crippen molar-refractivity contribution in [3.63, 3.8) is 0 Å². The molecule has 4 rings (SSSR count). The van der Waals surface area contributed by atoms with Gasteiger partial charge >= 0.3 is 0 Å². The predicted molar refractivity (Wildman–Crippen MR) is 75.8 cm³/mol. The maximum atomic E-state index is 6.07. The van der Waals surface area contributed by atoms with Gasteiger partial charge < -0.3 is 9.32 Å². The lowest BCUT2D eigenvalue weighted by atomic mass is 10.2. The van der Waals surface area contributed by atoms with E-state index < -0.39 is 0 Å². The van der Waals surface area contributed by atoms with E-state index in [2.05, 4.69) is 14.9 Å². The molecule has 0 radical (unpaired) electrons. The van der Waals surface area contributed by atoms with Crippen molar-refractivity contribution in [2.24, 2.45) is 0 Å². The number of furan rings is 1. The van der Waals surface area contributed by atoms with Crippen LogP contribution < -0.4 is 4.90 Å². The van der Waals surface area contributed by atoms with E-state index in [0.29, 0.717) is 0 Å². The fourth-order valence-corrected chi connectivity index (χ4v) is 2.86. The summed E-state index contributed by atoms with van der Waals surface area (Å²) in [6.07, 6.45) is 2.37. The zero-order valence-corrected chi connectivity index (χ0v) is 11.0. The summed E-state index contributed by atoms with van der Waals surface area (Å²) in [4.78, 5) is 10.9. The van der Waals surface area contributed by atoms with Crippen molar-refractivity contribution in [1.82, 2.24) is 9.97 Å². The van der Waals surface area contributed by atoms with Crippen molar-refractivity contribution in [3.8, 4) is 0 Å². The molecule has 1 aliphatic heterocycles. The second-order valence-electron chi connectivity index (χ2n) is 4.79. The van der Waals surface area contributed by atoms with E-state index in [1.54, 1.807) is 0 Å². The van der Waals surface area contributed by atoms with Gasteiger partial charge in [0.15, 0.2) is 11.4 Å². The summed E-state index contributed by atoms with van der Waals surface area (Å²) in [6, 6.07) is 7.87. The third-order valence-corrected chi connectivity index (χ3v) is 3.75. The molecule has 5 heteroatoms. The zero-order chi connectivity index (χ0) is 12.8. The molecule has 19 heavy (non-hydrogen) atoms. The van der Waals surface area contributed by atoms with E-state index in [-0.39, 0.29) is 5.28 Å². The normalized spacial score (nSPS) is 15.7. The van der Waals surface area contributed by atoms with Crippen LogP contribution in [0.1, 0.15) is 12.8 Å². The third kappa shape index (κ3) is 1.67. The highest BCUT2D eigenvalue weighted by atomic mass is 35.5. The van der Waals surface area contributed by atoms with E-state index in [0.717, 1.165) is 41.0 Å². The largest absolute Gasteiger partial charge is 0.450 e. The lowest BCUT2D eigenvalue weighted by Crippen LogP contribution is -2.19. The van der Waals surface area contributed by atoms with Crippen LogP contribution in [0.5, 0.6) is 0 Å². The van der Waals surface area contributed by atoms with Gasteiger partial charge in [0.1, 0.15) is 11.1 Å². The first-order valence-electron chi connectivity index (χ1n) is 6.43. The van der Waals surface area contributed by atoms with E-state index in [9.17, 15) is 0 Å². The van der Waals surface area contributed by atoms with Gasteiger partial charge in [-0.15, -0.1) is 0 Å². The number of anilines is 1. The minimum absolute atomic E-state index is 0.279. The molecule has 0 aliphatic carbocycles. The Morgan fingerprint density at radius 3 is 2.74 bits per heavy atom. The number of benzene rings is 1. The summed E-state index contributed by atoms with van der Waals surface area (Å²) in [5.41, 5.74) is 2.37. The van der Waals surface area contributed by atoms with Gasteiger partial charge in [0, 0.05) is 18.5 Å². The van der Waals surface area contributed by atoms with Gasteiger partial charge in [-0.3, -0.25) is 0 Å². The van der Waals surface area contributed by atoms with Gasteiger partial charge in [0.05, 0.1) is 0 Å². The molecule has 0 N–H and O–H groups in total. The highest BCUT2D eigenvalue weighted by Gasteiger charge is 2.21. The lowest BCUT2D eigenvalue weighted by Gasteiger charge is -2.15. The Morgan fingerprint density at radius 2 is 1.89 bits per heavy atom. The molecular formula is C14H12ClN3O. The summed E-state index contributed by atoms with van der Waals surface area (Å²) in [5.74, 6) is 0.823. The number of fused-ring (bicyclic) bond motifs is 3. The minimum atomic E-state index is 0.279. The van der Waals surface area contributed by atoms with Crippen molar-refractivity contribution >= 4 is 39.5 Å². The summed E-state index contributed by atoms with van der Waals surface area (Å²) < 4.78 is 5.93. The average molecular weight is 274 g/mol. The number of halogens is 1. The van der Waals surface area contributed by atoms with Crippen LogP contribution in [-0.2, 0) is 0 Å². The van der Waals surface area contributed by atoms with Gasteiger partial charge in [-0.05, 0) is 36.6 Å². The summed E-state index contributed by atoms with van der Waals surface area (Å²) >= 11 is 6.07. The van der Waals surface area contributed by atoms with Gasteiger partial charge in [0.25, 0.3) is 0 Å². The molecule has 0 saturated carbocycles. The highest BCUT2D eigenvalue weighted by Crippen LogP contribution is 2.34. The first-order chi connectivity index (χ1) is 9.33. The van der Waals surface area contributed by atoms with Gasteiger partial charge in [-0.2, -0.15) is 4.98 Å². The van der Waals surface area contributed by atoms with Crippen LogP contribution in [-0.4, -0.2) is 23.1 Å². The Morgan fingerprint density at radius 1 is 1.11 bits per heavy atom. The topological polar surface area (TPSA) is 42.2 Å². The zero-order valence-electron chi connectivity index (χ0n) is 10.3. The molecule has 0 bridgehead atoms. The molecule has 4 nitrogen and oxygen atoms in total. The second kappa shape index (κ2) is 4.10. The first kappa shape index (κ1) is 11.1. The fraction of sp³-hybridized carbons (Fsp3) is 0.286. The van der Waals surface area contributed by atoms with Crippen LogP contribution in [0.15, 0.2) is 28.7 Å². The maximum absolute atomic E-state index is 6.07. The molecule has 3 heterocycles. The van der Waals surface area contributed by atoms with Crippen molar-refractivity contribution < 1.29 is 4.42 Å². The first-order valence-corrected chi connectivity index (χ1v) is 6.80. The molecule has 96 valence electrons. The smallest absolute Gasteiger partial charge is 0.225 e. The van der Waals surface area contributed by atoms with Crippen molar-refractivity contribution in [2.45, 2.75) is 12.8 Å². The standard InChI is InChI=1S/C14H12ClN3O/c15-14-16-11-9-5-1-2-6-10(9)19-12(11)13(17-14)18-7-3-4-8-18/h1-2,5-6H,3-4,7-8H2. The van der Waals surface area contributed by atoms with Crippen LogP contribution in [0.2, 0.25) is 5.28 Å². The Kier molecular flexibility index (Phi) is 2.38. The van der Waals surface area contributed by atoms with E-state index in [1.807, 2.05) is 24.3 Å². The molecule has 1 fully saturated rings. The third-order valence-electron chi connectivity index (χ3n) is 3.58. The Labute approximate surface area is 115 Å². The van der Waals surface area contributed by atoms with Crippen LogP contribution in [0.3, 0.4) is 0 Å². The number of rotatable bonds is 1. The molecule has 0 unspecified atom stereocenters. The van der Waals surface area contributed by atoms with Crippen molar-refractivity contribution in [1.29, 1.82) is 0 Å². The van der Waals surface area contributed by atoms with Gasteiger partial charge in [0.2, 0.25) is 5.28 Å². The molecule has 1 aliphatic rings. The van der Waals surface area contributed by atoms with Crippen molar-refractivity contribution in [2.75, 3.05) is 18.0 Å². The Balaban J connectivity index is 2.06. The number of nitrogens with zero attached hydrogens (tertiary/aromatic N) is 3.